The zero-order valence-corrected chi connectivity index (χ0v) is 34.2. The van der Waals surface area contributed by atoms with E-state index in [1.54, 1.807) is 0 Å². The molecule has 7 aromatic carbocycles. The molecule has 286 valence electrons. The van der Waals surface area contributed by atoms with Gasteiger partial charge < -0.3 is 4.90 Å². The minimum atomic E-state index is 0.0379. The van der Waals surface area contributed by atoms with Crippen molar-refractivity contribution in [2.45, 2.75) is 31.2 Å². The Labute approximate surface area is 354 Å². The van der Waals surface area contributed by atoms with Crippen LogP contribution in [0.3, 0.4) is 0 Å². The van der Waals surface area contributed by atoms with E-state index < -0.39 is 0 Å². The normalized spacial score (nSPS) is 17.2. The highest BCUT2D eigenvalue weighted by molar-refractivity contribution is 7.22. The van der Waals surface area contributed by atoms with Crippen LogP contribution in [0.1, 0.15) is 48.2 Å². The van der Waals surface area contributed by atoms with Gasteiger partial charge in [0.15, 0.2) is 0 Å². The van der Waals surface area contributed by atoms with Crippen molar-refractivity contribution in [2.75, 3.05) is 11.9 Å². The maximum absolute atomic E-state index is 5.37. The van der Waals surface area contributed by atoms with E-state index in [4.69, 9.17) is 9.97 Å². The van der Waals surface area contributed by atoms with Gasteiger partial charge in [-0.05, 0) is 104 Å². The summed E-state index contributed by atoms with van der Waals surface area (Å²) in [4.78, 5) is 14.4. The second kappa shape index (κ2) is 14.1. The molecule has 3 aliphatic rings. The molecular weight excluding hydrogens is 747 g/mol. The van der Waals surface area contributed by atoms with Crippen LogP contribution in [0, 0.1) is 0 Å². The second-order valence-electron chi connectivity index (χ2n) is 16.4. The van der Waals surface area contributed by atoms with Gasteiger partial charge >= 0.3 is 0 Å². The summed E-state index contributed by atoms with van der Waals surface area (Å²) in [6.07, 6.45) is 16.7. The topological polar surface area (TPSA) is 29.0 Å². The van der Waals surface area contributed by atoms with Crippen molar-refractivity contribution in [3.05, 3.63) is 210 Å². The first-order valence-corrected chi connectivity index (χ1v) is 21.9. The Balaban J connectivity index is 0.992. The number of hydrogen-bond acceptors (Lipinski definition) is 4. The molecule has 0 saturated carbocycles. The maximum Gasteiger partial charge on any atom is 0.136 e. The van der Waals surface area contributed by atoms with E-state index in [0.717, 1.165) is 47.6 Å². The van der Waals surface area contributed by atoms with Crippen LogP contribution < -0.4 is 4.90 Å². The number of rotatable bonds is 5. The molecule has 12 rings (SSSR count). The molecule has 4 heteroatoms. The second-order valence-corrected chi connectivity index (χ2v) is 17.4. The highest BCUT2D eigenvalue weighted by atomic mass is 32.1. The molecule has 60 heavy (non-hydrogen) atoms. The lowest BCUT2D eigenvalue weighted by Gasteiger charge is -2.37. The minimum absolute atomic E-state index is 0.0379. The van der Waals surface area contributed by atoms with Crippen LogP contribution in [0.25, 0.3) is 75.4 Å². The van der Waals surface area contributed by atoms with Gasteiger partial charge in [-0.3, -0.25) is 0 Å². The highest BCUT2D eigenvalue weighted by Gasteiger charge is 2.34. The van der Waals surface area contributed by atoms with Crippen LogP contribution in [-0.2, 0) is 0 Å². The van der Waals surface area contributed by atoms with E-state index in [1.807, 2.05) is 11.3 Å². The number of fused-ring (bicyclic) bond motifs is 11. The quantitative estimate of drug-likeness (QED) is 0.163. The number of hydrogen-bond donors (Lipinski definition) is 0. The lowest BCUT2D eigenvalue weighted by molar-refractivity contribution is 0.768. The standard InChI is InChI=1S/C56H41N3S/c1-59-51-31-29-39(50-34-49(37-16-6-3-7-17-37)57-56(58-50)38-26-24-36(25-27-38)35-14-4-2-5-15-35)32-48(51)55-53(46-22-12-13-23-52(46)60-55)54(59)40-28-30-45-43-20-9-8-18-41(43)42-19-10-11-21-44(42)47(45)33-40/h2-4,6-14,16-26,28-34,38,54H,5,15,27H2,1H3. The van der Waals surface area contributed by atoms with Gasteiger partial charge in [0.2, 0.25) is 0 Å². The Kier molecular flexibility index (Phi) is 8.28. The summed E-state index contributed by atoms with van der Waals surface area (Å²) < 4.78 is 1.31. The van der Waals surface area contributed by atoms with Gasteiger partial charge in [0, 0.05) is 50.5 Å². The molecule has 0 amide bonds. The molecule has 2 aromatic heterocycles. The third-order valence-corrected chi connectivity index (χ3v) is 14.1. The summed E-state index contributed by atoms with van der Waals surface area (Å²) >= 11 is 1.91. The fourth-order valence-electron chi connectivity index (χ4n) is 9.97. The smallest absolute Gasteiger partial charge is 0.136 e. The van der Waals surface area contributed by atoms with Crippen LogP contribution in [-0.4, -0.2) is 17.0 Å². The van der Waals surface area contributed by atoms with Gasteiger partial charge in [-0.15, -0.1) is 11.3 Å². The van der Waals surface area contributed by atoms with Crippen molar-refractivity contribution in [3.8, 4) is 33.0 Å². The molecule has 1 aliphatic heterocycles. The van der Waals surface area contributed by atoms with Crippen molar-refractivity contribution >= 4 is 59.4 Å². The molecule has 0 fully saturated rings. The summed E-state index contributed by atoms with van der Waals surface area (Å²) in [5, 5.41) is 9.11. The molecule has 2 aliphatic carbocycles. The van der Waals surface area contributed by atoms with Crippen LogP contribution in [0.4, 0.5) is 5.69 Å². The molecule has 0 saturated heterocycles. The summed E-state index contributed by atoms with van der Waals surface area (Å²) in [5.41, 5.74) is 12.0. The molecule has 0 bridgehead atoms. The number of benzene rings is 7. The molecule has 9 aromatic rings. The molecular formula is C56H41N3S. The summed E-state index contributed by atoms with van der Waals surface area (Å²) in [7, 11) is 2.27. The first-order chi connectivity index (χ1) is 29.7. The minimum Gasteiger partial charge on any atom is -0.363 e. The van der Waals surface area contributed by atoms with E-state index in [9.17, 15) is 0 Å². The monoisotopic (exact) mass is 787 g/mol. The Morgan fingerprint density at radius 2 is 1.32 bits per heavy atom. The Hall–Kier alpha value is -6.88. The molecule has 3 heterocycles. The molecule has 2 unspecified atom stereocenters. The number of aromatic nitrogens is 2. The van der Waals surface area contributed by atoms with Crippen LogP contribution in [0.15, 0.2) is 193 Å². The van der Waals surface area contributed by atoms with E-state index >= 15 is 0 Å². The van der Waals surface area contributed by atoms with Crippen molar-refractivity contribution in [1.82, 2.24) is 9.97 Å². The Morgan fingerprint density at radius 3 is 2.03 bits per heavy atom. The first kappa shape index (κ1) is 35.1. The van der Waals surface area contributed by atoms with Crippen LogP contribution in [0.5, 0.6) is 0 Å². The van der Waals surface area contributed by atoms with Crippen molar-refractivity contribution in [3.63, 3.8) is 0 Å². The third-order valence-electron chi connectivity index (χ3n) is 12.9. The SMILES string of the molecule is CN1c2ccc(-c3cc(-c4ccccc4)nc(C4C=CC(C5=CC=CCC5)=CC4)n3)cc2-c2sc3ccccc3c2C1c1ccc2c3ccccc3c3ccccc3c2c1. The van der Waals surface area contributed by atoms with Crippen molar-refractivity contribution in [2.24, 2.45) is 0 Å². The summed E-state index contributed by atoms with van der Waals surface area (Å²) in [5.74, 6) is 0.969. The van der Waals surface area contributed by atoms with Gasteiger partial charge in [-0.25, -0.2) is 9.97 Å². The number of nitrogens with zero attached hydrogens (tertiary/aromatic N) is 3. The number of allylic oxidation sites excluding steroid dienone is 8. The highest BCUT2D eigenvalue weighted by Crippen LogP contribution is 2.54. The van der Waals surface area contributed by atoms with Crippen molar-refractivity contribution in [1.29, 1.82) is 0 Å². The van der Waals surface area contributed by atoms with E-state index in [1.165, 1.54) is 80.8 Å². The molecule has 0 N–H and O–H groups in total. The maximum atomic E-state index is 5.37. The molecule has 0 radical (unpaired) electrons. The predicted molar refractivity (Wildman–Crippen MR) is 254 cm³/mol. The Morgan fingerprint density at radius 1 is 0.633 bits per heavy atom. The van der Waals surface area contributed by atoms with Gasteiger partial charge in [0.1, 0.15) is 5.82 Å². The van der Waals surface area contributed by atoms with E-state index in [0.29, 0.717) is 0 Å². The zero-order chi connectivity index (χ0) is 39.7. The van der Waals surface area contributed by atoms with Gasteiger partial charge in [-0.1, -0.05) is 152 Å². The summed E-state index contributed by atoms with van der Waals surface area (Å²) in [6.45, 7) is 0. The first-order valence-electron chi connectivity index (χ1n) is 21.1. The predicted octanol–water partition coefficient (Wildman–Crippen LogP) is 14.9. The fourth-order valence-corrected chi connectivity index (χ4v) is 11.2. The third kappa shape index (κ3) is 5.70. The zero-order valence-electron chi connectivity index (χ0n) is 33.3. The van der Waals surface area contributed by atoms with Gasteiger partial charge in [0.25, 0.3) is 0 Å². The number of thiophene rings is 1. The number of anilines is 1. The Bertz CT molecular complexity index is 3290. The lowest BCUT2D eigenvalue weighted by atomic mass is 9.85. The van der Waals surface area contributed by atoms with Crippen LogP contribution in [0.2, 0.25) is 0 Å². The fraction of sp³-hybridized carbons (Fsp3) is 0.107. The average molecular weight is 788 g/mol. The molecule has 0 spiro atoms. The largest absolute Gasteiger partial charge is 0.363 e. The lowest BCUT2D eigenvalue weighted by Crippen LogP contribution is -2.28. The van der Waals surface area contributed by atoms with Gasteiger partial charge in [0.05, 0.1) is 17.4 Å². The van der Waals surface area contributed by atoms with Crippen LogP contribution >= 0.6 is 11.3 Å². The summed E-state index contributed by atoms with van der Waals surface area (Å²) in [6, 6.07) is 53.6. The van der Waals surface area contributed by atoms with Crippen molar-refractivity contribution < 1.29 is 0 Å². The average Bonchev–Trinajstić information content (AvgIpc) is 3.71. The van der Waals surface area contributed by atoms with Gasteiger partial charge in [-0.2, -0.15) is 0 Å². The van der Waals surface area contributed by atoms with E-state index in [-0.39, 0.29) is 12.0 Å². The van der Waals surface area contributed by atoms with E-state index in [2.05, 4.69) is 194 Å². The molecule has 3 nitrogen and oxygen atoms in total. The molecule has 2 atom stereocenters.